The number of unbranched alkanes of at least 4 members (excludes halogenated alkanes) is 25. The van der Waals surface area contributed by atoms with Crippen molar-refractivity contribution < 1.29 is 0 Å². The molecule has 0 aromatic heterocycles. The standard InChI is InChI=1S/C36H72N2/c1-4-7-9-11-13-15-17-18-19-20-21-23-25-27-29-31-33-38-35-34-37(36(38)6-3)32-30-28-26-24-22-16-14-12-10-8-5-2/h34-36H,4-33H2,1-3H3. The predicted molar refractivity (Wildman–Crippen MR) is 173 cm³/mol. The van der Waals surface area contributed by atoms with Crippen LogP contribution in [0.2, 0.25) is 0 Å². The first-order valence-electron chi connectivity index (χ1n) is 18.0. The summed E-state index contributed by atoms with van der Waals surface area (Å²) in [6.45, 7) is 9.48. The Morgan fingerprint density at radius 2 is 0.579 bits per heavy atom. The van der Waals surface area contributed by atoms with Crippen molar-refractivity contribution in [3.05, 3.63) is 12.4 Å². The summed E-state index contributed by atoms with van der Waals surface area (Å²) in [6, 6.07) is 0. The second-order valence-electron chi connectivity index (χ2n) is 12.5. The van der Waals surface area contributed by atoms with Gasteiger partial charge in [0.05, 0.1) is 0 Å². The number of hydrogen-bond acceptors (Lipinski definition) is 2. The third kappa shape index (κ3) is 20.3. The van der Waals surface area contributed by atoms with Crippen LogP contribution in [0.4, 0.5) is 0 Å². The van der Waals surface area contributed by atoms with E-state index in [0.717, 1.165) is 0 Å². The van der Waals surface area contributed by atoms with Crippen LogP contribution in [0.25, 0.3) is 0 Å². The van der Waals surface area contributed by atoms with Crippen LogP contribution in [0, 0.1) is 0 Å². The largest absolute Gasteiger partial charge is 0.356 e. The molecule has 0 amide bonds. The van der Waals surface area contributed by atoms with Gasteiger partial charge in [-0.05, 0) is 19.3 Å². The van der Waals surface area contributed by atoms with E-state index in [1.54, 1.807) is 0 Å². The highest BCUT2D eigenvalue weighted by Crippen LogP contribution is 2.21. The van der Waals surface area contributed by atoms with E-state index in [1.165, 1.54) is 193 Å². The molecule has 1 aliphatic rings. The number of nitrogens with zero attached hydrogens (tertiary/aromatic N) is 2. The van der Waals surface area contributed by atoms with Crippen LogP contribution in [0.15, 0.2) is 12.4 Å². The van der Waals surface area contributed by atoms with E-state index in [-0.39, 0.29) is 0 Å². The second kappa shape index (κ2) is 27.9. The van der Waals surface area contributed by atoms with Crippen molar-refractivity contribution in [3.63, 3.8) is 0 Å². The minimum atomic E-state index is 0.620. The molecule has 0 aromatic rings. The third-order valence-corrected chi connectivity index (χ3v) is 8.87. The van der Waals surface area contributed by atoms with Crippen molar-refractivity contribution in [1.29, 1.82) is 0 Å². The molecule has 0 N–H and O–H groups in total. The highest BCUT2D eigenvalue weighted by Gasteiger charge is 2.23. The summed E-state index contributed by atoms with van der Waals surface area (Å²) in [5.74, 6) is 0. The Hall–Kier alpha value is -0.660. The van der Waals surface area contributed by atoms with Gasteiger partial charge in [-0.1, -0.05) is 181 Å². The van der Waals surface area contributed by atoms with Gasteiger partial charge in [0.1, 0.15) is 6.17 Å². The molecule has 2 heteroatoms. The van der Waals surface area contributed by atoms with Gasteiger partial charge >= 0.3 is 0 Å². The van der Waals surface area contributed by atoms with Crippen molar-refractivity contribution in [1.82, 2.24) is 9.80 Å². The quantitative estimate of drug-likeness (QED) is 0.0848. The maximum absolute atomic E-state index is 2.63. The summed E-state index contributed by atoms with van der Waals surface area (Å²) in [4.78, 5) is 5.25. The topological polar surface area (TPSA) is 6.48 Å². The molecule has 0 fully saturated rings. The first kappa shape index (κ1) is 35.4. The summed E-state index contributed by atoms with van der Waals surface area (Å²) in [5.41, 5.74) is 0. The van der Waals surface area contributed by atoms with E-state index in [4.69, 9.17) is 0 Å². The van der Waals surface area contributed by atoms with Gasteiger partial charge in [0.25, 0.3) is 0 Å². The minimum absolute atomic E-state index is 0.620. The third-order valence-electron chi connectivity index (χ3n) is 8.87. The summed E-state index contributed by atoms with van der Waals surface area (Å²) >= 11 is 0. The summed E-state index contributed by atoms with van der Waals surface area (Å²) < 4.78 is 0. The van der Waals surface area contributed by atoms with Gasteiger partial charge in [0.15, 0.2) is 0 Å². The molecule has 226 valence electrons. The molecule has 1 atom stereocenters. The minimum Gasteiger partial charge on any atom is -0.356 e. The maximum atomic E-state index is 2.63. The van der Waals surface area contributed by atoms with E-state index < -0.39 is 0 Å². The molecular formula is C36H72N2. The zero-order valence-corrected chi connectivity index (χ0v) is 26.8. The molecule has 0 bridgehead atoms. The van der Waals surface area contributed by atoms with Crippen molar-refractivity contribution in [2.45, 2.75) is 207 Å². The lowest BCUT2D eigenvalue weighted by Gasteiger charge is -2.32. The molecule has 1 unspecified atom stereocenters. The van der Waals surface area contributed by atoms with Crippen molar-refractivity contribution in [2.24, 2.45) is 0 Å². The van der Waals surface area contributed by atoms with Gasteiger partial charge in [-0.25, -0.2) is 0 Å². The Kier molecular flexibility index (Phi) is 26.0. The van der Waals surface area contributed by atoms with Crippen LogP contribution in [0.5, 0.6) is 0 Å². The average molecular weight is 533 g/mol. The molecule has 1 rings (SSSR count). The van der Waals surface area contributed by atoms with E-state index in [1.807, 2.05) is 0 Å². The van der Waals surface area contributed by atoms with Crippen LogP contribution >= 0.6 is 0 Å². The fraction of sp³-hybridized carbons (Fsp3) is 0.944. The smallest absolute Gasteiger partial charge is 0.100 e. The highest BCUT2D eigenvalue weighted by molar-refractivity contribution is 4.96. The lowest BCUT2D eigenvalue weighted by molar-refractivity contribution is 0.144. The molecule has 0 spiro atoms. The Labute approximate surface area is 241 Å². The molecule has 0 aliphatic carbocycles. The van der Waals surface area contributed by atoms with Crippen LogP contribution in [-0.2, 0) is 0 Å². The molecule has 1 aliphatic heterocycles. The summed E-state index contributed by atoms with van der Waals surface area (Å²) in [7, 11) is 0. The van der Waals surface area contributed by atoms with Gasteiger partial charge in [-0.3, -0.25) is 0 Å². The number of hydrogen-bond donors (Lipinski definition) is 0. The van der Waals surface area contributed by atoms with Crippen LogP contribution in [0.1, 0.15) is 201 Å². The SMILES string of the molecule is CCCCCCCCCCCCCCCCCCN1C=CN(CCCCCCCCCCCCC)C1CC. The Bertz CT molecular complexity index is 488. The Morgan fingerprint density at radius 3 is 0.816 bits per heavy atom. The Morgan fingerprint density at radius 1 is 0.342 bits per heavy atom. The molecular weight excluding hydrogens is 460 g/mol. The van der Waals surface area contributed by atoms with E-state index in [9.17, 15) is 0 Å². The van der Waals surface area contributed by atoms with Gasteiger partial charge in [-0.2, -0.15) is 0 Å². The molecule has 0 radical (unpaired) electrons. The van der Waals surface area contributed by atoms with Crippen LogP contribution in [-0.4, -0.2) is 29.1 Å². The predicted octanol–water partition coefficient (Wildman–Crippen LogP) is 12.4. The van der Waals surface area contributed by atoms with Crippen LogP contribution in [0.3, 0.4) is 0 Å². The fourth-order valence-electron chi connectivity index (χ4n) is 6.28. The monoisotopic (exact) mass is 533 g/mol. The zero-order valence-electron chi connectivity index (χ0n) is 26.8. The van der Waals surface area contributed by atoms with E-state index in [0.29, 0.717) is 6.17 Å². The first-order chi connectivity index (χ1) is 18.8. The van der Waals surface area contributed by atoms with Crippen molar-refractivity contribution in [2.75, 3.05) is 13.1 Å². The highest BCUT2D eigenvalue weighted by atomic mass is 15.4. The fourth-order valence-corrected chi connectivity index (χ4v) is 6.28. The van der Waals surface area contributed by atoms with Crippen LogP contribution < -0.4 is 0 Å². The summed E-state index contributed by atoms with van der Waals surface area (Å²) in [5, 5.41) is 0. The first-order valence-corrected chi connectivity index (χ1v) is 18.0. The maximum Gasteiger partial charge on any atom is 0.100 e. The van der Waals surface area contributed by atoms with Gasteiger partial charge in [0.2, 0.25) is 0 Å². The second-order valence-corrected chi connectivity index (χ2v) is 12.5. The van der Waals surface area contributed by atoms with E-state index >= 15 is 0 Å². The van der Waals surface area contributed by atoms with Crippen molar-refractivity contribution in [3.8, 4) is 0 Å². The molecule has 38 heavy (non-hydrogen) atoms. The molecule has 2 nitrogen and oxygen atoms in total. The molecule has 0 saturated carbocycles. The normalized spacial score (nSPS) is 15.3. The molecule has 0 aromatic carbocycles. The van der Waals surface area contributed by atoms with E-state index in [2.05, 4.69) is 43.0 Å². The lowest BCUT2D eigenvalue weighted by atomic mass is 10.0. The Balaban J connectivity index is 1.88. The summed E-state index contributed by atoms with van der Waals surface area (Å²) in [6.07, 6.45) is 45.6. The van der Waals surface area contributed by atoms with Gasteiger partial charge < -0.3 is 9.80 Å². The molecule has 1 heterocycles. The van der Waals surface area contributed by atoms with Gasteiger partial charge in [-0.15, -0.1) is 0 Å². The van der Waals surface area contributed by atoms with Crippen molar-refractivity contribution >= 4 is 0 Å². The molecule has 0 saturated heterocycles. The lowest BCUT2D eigenvalue weighted by Crippen LogP contribution is -2.38. The number of rotatable bonds is 30. The van der Waals surface area contributed by atoms with Gasteiger partial charge in [0, 0.05) is 25.5 Å². The average Bonchev–Trinajstić information content (AvgIpc) is 3.33. The zero-order chi connectivity index (χ0) is 27.4.